The van der Waals surface area contributed by atoms with Crippen molar-refractivity contribution in [3.05, 3.63) is 30.2 Å². The maximum atomic E-state index is 9.42. The number of aryl methyl sites for hydroxylation is 1. The van der Waals surface area contributed by atoms with Crippen LogP contribution in [-0.4, -0.2) is 15.2 Å². The van der Waals surface area contributed by atoms with E-state index < -0.39 is 0 Å². The Labute approximate surface area is 113 Å². The lowest BCUT2D eigenvalue weighted by atomic mass is 10.1. The van der Waals surface area contributed by atoms with Crippen molar-refractivity contribution in [3.8, 4) is 17.1 Å². The van der Waals surface area contributed by atoms with E-state index in [1.54, 1.807) is 18.2 Å². The first-order valence-corrected chi connectivity index (χ1v) is 6.91. The molecule has 2 aromatic rings. The fourth-order valence-electron chi connectivity index (χ4n) is 2.00. The van der Waals surface area contributed by atoms with Crippen LogP contribution in [0.1, 0.15) is 44.9 Å². The number of phenols is 1. The van der Waals surface area contributed by atoms with Gasteiger partial charge in [0, 0.05) is 12.0 Å². The number of phenolic OH excluding ortho intramolecular Hbond substituents is 1. The standard InChI is InChI=1S/C15H20N2O2/c1-2-3-4-5-6-10-14-16-15(17-19-14)12-8-7-9-13(18)11-12/h7-9,11,18H,2-6,10H2,1H3. The van der Waals surface area contributed by atoms with Crippen LogP contribution in [0.4, 0.5) is 0 Å². The Morgan fingerprint density at radius 2 is 2.00 bits per heavy atom. The summed E-state index contributed by atoms with van der Waals surface area (Å²) in [5.41, 5.74) is 0.779. The predicted octanol–water partition coefficient (Wildman–Crippen LogP) is 3.96. The molecular formula is C15H20N2O2. The van der Waals surface area contributed by atoms with Gasteiger partial charge in [-0.15, -0.1) is 0 Å². The van der Waals surface area contributed by atoms with E-state index in [-0.39, 0.29) is 5.75 Å². The van der Waals surface area contributed by atoms with Gasteiger partial charge in [0.15, 0.2) is 0 Å². The summed E-state index contributed by atoms with van der Waals surface area (Å²) in [5, 5.41) is 13.4. The van der Waals surface area contributed by atoms with E-state index in [1.165, 1.54) is 25.7 Å². The smallest absolute Gasteiger partial charge is 0.226 e. The summed E-state index contributed by atoms with van der Waals surface area (Å²) in [6, 6.07) is 6.88. The quantitative estimate of drug-likeness (QED) is 0.766. The molecule has 0 saturated carbocycles. The lowest BCUT2D eigenvalue weighted by Crippen LogP contribution is -1.87. The van der Waals surface area contributed by atoms with Crippen LogP contribution < -0.4 is 0 Å². The second-order valence-corrected chi connectivity index (χ2v) is 4.73. The summed E-state index contributed by atoms with van der Waals surface area (Å²) in [6.45, 7) is 2.21. The summed E-state index contributed by atoms with van der Waals surface area (Å²) in [4.78, 5) is 4.35. The van der Waals surface area contributed by atoms with Crippen LogP contribution in [0.3, 0.4) is 0 Å². The van der Waals surface area contributed by atoms with Gasteiger partial charge in [0.2, 0.25) is 11.7 Å². The molecule has 1 aromatic carbocycles. The van der Waals surface area contributed by atoms with Crippen molar-refractivity contribution in [2.75, 3.05) is 0 Å². The number of hydrogen-bond donors (Lipinski definition) is 1. The highest BCUT2D eigenvalue weighted by molar-refractivity contribution is 5.56. The molecule has 1 aromatic heterocycles. The van der Waals surface area contributed by atoms with Gasteiger partial charge in [-0.3, -0.25) is 0 Å². The predicted molar refractivity (Wildman–Crippen MR) is 73.9 cm³/mol. The number of unbranched alkanes of at least 4 members (excludes halogenated alkanes) is 4. The lowest BCUT2D eigenvalue weighted by Gasteiger charge is -1.96. The summed E-state index contributed by atoms with van der Waals surface area (Å²) < 4.78 is 5.22. The van der Waals surface area contributed by atoms with Gasteiger partial charge in [0.25, 0.3) is 0 Å². The summed E-state index contributed by atoms with van der Waals surface area (Å²) in [6.07, 6.45) is 6.93. The zero-order valence-electron chi connectivity index (χ0n) is 11.3. The second kappa shape index (κ2) is 6.92. The van der Waals surface area contributed by atoms with Crippen molar-refractivity contribution in [3.63, 3.8) is 0 Å². The van der Waals surface area contributed by atoms with E-state index in [0.717, 1.165) is 18.4 Å². The van der Waals surface area contributed by atoms with Crippen LogP contribution in [0.15, 0.2) is 28.8 Å². The zero-order valence-corrected chi connectivity index (χ0v) is 11.3. The van der Waals surface area contributed by atoms with Gasteiger partial charge in [-0.05, 0) is 18.6 Å². The highest BCUT2D eigenvalue weighted by Gasteiger charge is 2.08. The maximum Gasteiger partial charge on any atom is 0.226 e. The Morgan fingerprint density at radius 3 is 2.79 bits per heavy atom. The largest absolute Gasteiger partial charge is 0.508 e. The van der Waals surface area contributed by atoms with Crippen LogP contribution in [0, 0.1) is 0 Å². The molecule has 0 aliphatic heterocycles. The van der Waals surface area contributed by atoms with Crippen molar-refractivity contribution in [2.24, 2.45) is 0 Å². The van der Waals surface area contributed by atoms with E-state index in [2.05, 4.69) is 17.1 Å². The zero-order chi connectivity index (χ0) is 13.5. The van der Waals surface area contributed by atoms with Gasteiger partial charge in [0.1, 0.15) is 5.75 Å². The number of rotatable bonds is 7. The minimum atomic E-state index is 0.211. The molecule has 2 rings (SSSR count). The van der Waals surface area contributed by atoms with Crippen molar-refractivity contribution >= 4 is 0 Å². The average Bonchev–Trinajstić information content (AvgIpc) is 2.87. The first-order valence-electron chi connectivity index (χ1n) is 6.91. The molecule has 0 aliphatic carbocycles. The van der Waals surface area contributed by atoms with Crippen molar-refractivity contribution in [2.45, 2.75) is 45.4 Å². The number of benzene rings is 1. The third-order valence-electron chi connectivity index (χ3n) is 3.07. The van der Waals surface area contributed by atoms with Crippen LogP contribution in [0.25, 0.3) is 11.4 Å². The molecule has 0 unspecified atom stereocenters. The van der Waals surface area contributed by atoms with Gasteiger partial charge in [-0.1, -0.05) is 49.9 Å². The highest BCUT2D eigenvalue weighted by Crippen LogP contribution is 2.20. The molecule has 0 atom stereocenters. The third kappa shape index (κ3) is 4.09. The van der Waals surface area contributed by atoms with Gasteiger partial charge in [-0.25, -0.2) is 0 Å². The Hall–Kier alpha value is -1.84. The minimum absolute atomic E-state index is 0.211. The SMILES string of the molecule is CCCCCCCc1nc(-c2cccc(O)c2)no1. The summed E-state index contributed by atoms with van der Waals surface area (Å²) in [5.74, 6) is 1.43. The van der Waals surface area contributed by atoms with E-state index >= 15 is 0 Å². The van der Waals surface area contributed by atoms with E-state index in [4.69, 9.17) is 4.52 Å². The molecule has 1 heterocycles. The molecule has 0 spiro atoms. The highest BCUT2D eigenvalue weighted by atomic mass is 16.5. The van der Waals surface area contributed by atoms with E-state index in [1.807, 2.05) is 6.07 Å². The molecule has 0 saturated heterocycles. The molecule has 0 aliphatic rings. The molecule has 19 heavy (non-hydrogen) atoms. The van der Waals surface area contributed by atoms with Crippen molar-refractivity contribution in [1.82, 2.24) is 10.1 Å². The molecule has 4 nitrogen and oxygen atoms in total. The van der Waals surface area contributed by atoms with Crippen LogP contribution in [0.5, 0.6) is 5.75 Å². The van der Waals surface area contributed by atoms with E-state index in [9.17, 15) is 5.11 Å². The lowest BCUT2D eigenvalue weighted by molar-refractivity contribution is 0.374. The second-order valence-electron chi connectivity index (χ2n) is 4.73. The normalized spacial score (nSPS) is 10.8. The summed E-state index contributed by atoms with van der Waals surface area (Å²) in [7, 11) is 0. The first-order chi connectivity index (χ1) is 9.29. The van der Waals surface area contributed by atoms with Gasteiger partial charge in [0.05, 0.1) is 0 Å². The van der Waals surface area contributed by atoms with Crippen LogP contribution >= 0.6 is 0 Å². The van der Waals surface area contributed by atoms with Gasteiger partial charge >= 0.3 is 0 Å². The number of aromatic nitrogens is 2. The minimum Gasteiger partial charge on any atom is -0.508 e. The average molecular weight is 260 g/mol. The topological polar surface area (TPSA) is 59.2 Å². The van der Waals surface area contributed by atoms with Crippen molar-refractivity contribution in [1.29, 1.82) is 0 Å². The molecular weight excluding hydrogens is 240 g/mol. The monoisotopic (exact) mass is 260 g/mol. The Bertz CT molecular complexity index is 508. The third-order valence-corrected chi connectivity index (χ3v) is 3.07. The molecule has 1 N–H and O–H groups in total. The molecule has 0 bridgehead atoms. The molecule has 0 fully saturated rings. The molecule has 4 heteroatoms. The fraction of sp³-hybridized carbons (Fsp3) is 0.467. The Morgan fingerprint density at radius 1 is 1.16 bits per heavy atom. The molecule has 0 amide bonds. The maximum absolute atomic E-state index is 9.42. The van der Waals surface area contributed by atoms with Crippen molar-refractivity contribution < 1.29 is 9.63 Å². The van der Waals surface area contributed by atoms with Crippen LogP contribution in [0.2, 0.25) is 0 Å². The van der Waals surface area contributed by atoms with E-state index in [0.29, 0.717) is 11.7 Å². The number of hydrogen-bond acceptors (Lipinski definition) is 4. The fourth-order valence-corrected chi connectivity index (χ4v) is 2.00. The number of aromatic hydroxyl groups is 1. The van der Waals surface area contributed by atoms with Gasteiger partial charge < -0.3 is 9.63 Å². The molecule has 0 radical (unpaired) electrons. The number of nitrogens with zero attached hydrogens (tertiary/aromatic N) is 2. The Balaban J connectivity index is 1.88. The molecule has 102 valence electrons. The first kappa shape index (κ1) is 13.6. The van der Waals surface area contributed by atoms with Gasteiger partial charge in [-0.2, -0.15) is 4.98 Å². The van der Waals surface area contributed by atoms with Crippen LogP contribution in [-0.2, 0) is 6.42 Å². The summed E-state index contributed by atoms with van der Waals surface area (Å²) >= 11 is 0. The Kier molecular flexibility index (Phi) is 4.95.